The molecule has 3 nitrogen and oxygen atoms in total. The van der Waals surface area contributed by atoms with Crippen molar-refractivity contribution < 1.29 is 5.11 Å². The molecular weight excluding hydrogens is 232 g/mol. The minimum Gasteiger partial charge on any atom is -0.387 e. The van der Waals surface area contributed by atoms with Crippen molar-refractivity contribution in [2.24, 2.45) is 17.1 Å². The first-order valence-electron chi connectivity index (χ1n) is 6.48. The number of hydrogen-bond donors (Lipinski definition) is 2. The highest BCUT2D eigenvalue weighted by Gasteiger charge is 2.41. The molecule has 96 valence electrons. The summed E-state index contributed by atoms with van der Waals surface area (Å²) in [6.45, 7) is 2.80. The molecule has 0 amide bonds. The largest absolute Gasteiger partial charge is 0.387 e. The highest BCUT2D eigenvalue weighted by Crippen LogP contribution is 2.48. The van der Waals surface area contributed by atoms with Crippen LogP contribution in [0.3, 0.4) is 0 Å². The van der Waals surface area contributed by atoms with Gasteiger partial charge in [-0.2, -0.15) is 0 Å². The predicted octanol–water partition coefficient (Wildman–Crippen LogP) is 2.72. The first-order chi connectivity index (χ1) is 8.22. The Bertz CT molecular complexity index is 341. The molecule has 2 rings (SSSR count). The average Bonchev–Trinajstić information content (AvgIpc) is 2.91. The van der Waals surface area contributed by atoms with Crippen LogP contribution >= 0.6 is 11.3 Å². The Kier molecular flexibility index (Phi) is 4.17. The minimum atomic E-state index is -0.436. The maximum absolute atomic E-state index is 10.6. The average molecular weight is 254 g/mol. The lowest BCUT2D eigenvalue weighted by Gasteiger charge is -2.43. The highest BCUT2D eigenvalue weighted by atomic mass is 32.1. The van der Waals surface area contributed by atoms with Gasteiger partial charge in [0.1, 0.15) is 0 Å². The molecule has 0 bridgehead atoms. The molecule has 3 atom stereocenters. The van der Waals surface area contributed by atoms with Crippen molar-refractivity contribution in [3.05, 3.63) is 16.6 Å². The lowest BCUT2D eigenvalue weighted by molar-refractivity contribution is -0.0141. The smallest absolute Gasteiger partial charge is 0.0966 e. The van der Waals surface area contributed by atoms with Crippen molar-refractivity contribution in [3.8, 4) is 0 Å². The summed E-state index contributed by atoms with van der Waals surface area (Å²) >= 11 is 1.53. The summed E-state index contributed by atoms with van der Waals surface area (Å²) in [7, 11) is 0. The van der Waals surface area contributed by atoms with Crippen molar-refractivity contribution in [3.63, 3.8) is 0 Å². The van der Waals surface area contributed by atoms with Crippen LogP contribution in [0, 0.1) is 11.3 Å². The van der Waals surface area contributed by atoms with Gasteiger partial charge in [-0.1, -0.05) is 26.2 Å². The Morgan fingerprint density at radius 2 is 2.53 bits per heavy atom. The summed E-state index contributed by atoms with van der Waals surface area (Å²) in [5, 5.41) is 10.6. The van der Waals surface area contributed by atoms with Crippen molar-refractivity contribution in [1.82, 2.24) is 4.98 Å². The van der Waals surface area contributed by atoms with Gasteiger partial charge in [0.05, 0.1) is 16.5 Å². The summed E-state index contributed by atoms with van der Waals surface area (Å²) in [5.74, 6) is 0.717. The lowest BCUT2D eigenvalue weighted by atomic mass is 9.65. The lowest BCUT2D eigenvalue weighted by Crippen LogP contribution is -2.40. The van der Waals surface area contributed by atoms with Gasteiger partial charge in [-0.15, -0.1) is 11.3 Å². The molecular formula is C13H22N2OS. The Hall–Kier alpha value is -0.450. The molecule has 1 aliphatic rings. The normalized spacial score (nSPS) is 31.4. The molecule has 0 spiro atoms. The van der Waals surface area contributed by atoms with E-state index in [2.05, 4.69) is 11.9 Å². The van der Waals surface area contributed by atoms with Crippen LogP contribution in [-0.4, -0.2) is 16.6 Å². The molecule has 0 aromatic carbocycles. The minimum absolute atomic E-state index is 0.120. The van der Waals surface area contributed by atoms with Gasteiger partial charge >= 0.3 is 0 Å². The van der Waals surface area contributed by atoms with Crippen LogP contribution in [0.1, 0.15) is 50.0 Å². The number of nitrogens with zero attached hydrogens (tertiary/aromatic N) is 1. The topological polar surface area (TPSA) is 59.1 Å². The van der Waals surface area contributed by atoms with Gasteiger partial charge in [0, 0.05) is 18.2 Å². The molecule has 1 saturated carbocycles. The van der Waals surface area contributed by atoms with E-state index >= 15 is 0 Å². The zero-order valence-electron chi connectivity index (χ0n) is 10.4. The molecule has 0 radical (unpaired) electrons. The van der Waals surface area contributed by atoms with E-state index in [1.165, 1.54) is 30.6 Å². The van der Waals surface area contributed by atoms with Gasteiger partial charge in [-0.25, -0.2) is 0 Å². The number of aliphatic hydroxyl groups excluding tert-OH is 1. The van der Waals surface area contributed by atoms with E-state index in [1.54, 1.807) is 11.7 Å². The summed E-state index contributed by atoms with van der Waals surface area (Å²) in [5.41, 5.74) is 7.65. The second-order valence-corrected chi connectivity index (χ2v) is 6.16. The number of aliphatic hydroxyl groups is 1. The monoisotopic (exact) mass is 254 g/mol. The van der Waals surface area contributed by atoms with E-state index in [0.29, 0.717) is 6.54 Å². The molecule has 1 aromatic rings. The van der Waals surface area contributed by atoms with Gasteiger partial charge in [-0.05, 0) is 18.8 Å². The SMILES string of the molecule is CCC1CCCC(CN)(C(O)c2cncs2)C1. The maximum Gasteiger partial charge on any atom is 0.0966 e. The fourth-order valence-electron chi connectivity index (χ4n) is 3.08. The van der Waals surface area contributed by atoms with Crippen LogP contribution < -0.4 is 5.73 Å². The molecule has 1 heterocycles. The number of hydrogen-bond acceptors (Lipinski definition) is 4. The molecule has 1 fully saturated rings. The summed E-state index contributed by atoms with van der Waals surface area (Å²) in [4.78, 5) is 5.03. The summed E-state index contributed by atoms with van der Waals surface area (Å²) < 4.78 is 0. The molecule has 0 aliphatic heterocycles. The van der Waals surface area contributed by atoms with Crippen LogP contribution in [0.4, 0.5) is 0 Å². The molecule has 3 unspecified atom stereocenters. The van der Waals surface area contributed by atoms with Gasteiger partial charge in [-0.3, -0.25) is 4.98 Å². The van der Waals surface area contributed by atoms with E-state index in [9.17, 15) is 5.11 Å². The first-order valence-corrected chi connectivity index (χ1v) is 7.36. The maximum atomic E-state index is 10.6. The zero-order valence-corrected chi connectivity index (χ0v) is 11.2. The second-order valence-electron chi connectivity index (χ2n) is 5.24. The van der Waals surface area contributed by atoms with Crippen molar-refractivity contribution in [1.29, 1.82) is 0 Å². The third-order valence-electron chi connectivity index (χ3n) is 4.27. The Morgan fingerprint density at radius 3 is 3.12 bits per heavy atom. The van der Waals surface area contributed by atoms with Gasteiger partial charge in [0.25, 0.3) is 0 Å². The van der Waals surface area contributed by atoms with Crippen LogP contribution in [0.25, 0.3) is 0 Å². The van der Waals surface area contributed by atoms with Crippen LogP contribution in [-0.2, 0) is 0 Å². The van der Waals surface area contributed by atoms with Crippen LogP contribution in [0.2, 0.25) is 0 Å². The summed E-state index contributed by atoms with van der Waals surface area (Å²) in [6.07, 6.45) is 7.10. The van der Waals surface area contributed by atoms with Crippen molar-refractivity contribution in [2.45, 2.75) is 45.1 Å². The van der Waals surface area contributed by atoms with Gasteiger partial charge in [0.2, 0.25) is 0 Å². The van der Waals surface area contributed by atoms with Crippen molar-refractivity contribution in [2.75, 3.05) is 6.54 Å². The van der Waals surface area contributed by atoms with Crippen LogP contribution in [0.5, 0.6) is 0 Å². The van der Waals surface area contributed by atoms with E-state index in [0.717, 1.165) is 23.6 Å². The Balaban J connectivity index is 2.18. The number of thiazole rings is 1. The third kappa shape index (κ3) is 2.54. The van der Waals surface area contributed by atoms with Gasteiger partial charge in [0.15, 0.2) is 0 Å². The van der Waals surface area contributed by atoms with Crippen LogP contribution in [0.15, 0.2) is 11.7 Å². The Labute approximate surface area is 107 Å². The van der Waals surface area contributed by atoms with E-state index < -0.39 is 6.10 Å². The first kappa shape index (κ1) is 13.0. The molecule has 17 heavy (non-hydrogen) atoms. The zero-order chi connectivity index (χ0) is 12.3. The molecule has 0 saturated heterocycles. The molecule has 4 heteroatoms. The number of rotatable bonds is 4. The quantitative estimate of drug-likeness (QED) is 0.868. The number of aromatic nitrogens is 1. The van der Waals surface area contributed by atoms with E-state index in [1.807, 2.05) is 0 Å². The third-order valence-corrected chi connectivity index (χ3v) is 5.10. The predicted molar refractivity (Wildman–Crippen MR) is 70.8 cm³/mol. The standard InChI is InChI=1S/C13H22N2OS/c1-2-10-4-3-5-13(6-10,8-14)12(16)11-7-15-9-17-11/h7,9-10,12,16H,2-6,8,14H2,1H3. The Morgan fingerprint density at radius 1 is 1.71 bits per heavy atom. The number of nitrogens with two attached hydrogens (primary N) is 1. The summed E-state index contributed by atoms with van der Waals surface area (Å²) in [6, 6.07) is 0. The van der Waals surface area contributed by atoms with Gasteiger partial charge < -0.3 is 10.8 Å². The van der Waals surface area contributed by atoms with E-state index in [4.69, 9.17) is 5.73 Å². The molecule has 1 aromatic heterocycles. The fourth-order valence-corrected chi connectivity index (χ4v) is 3.82. The highest BCUT2D eigenvalue weighted by molar-refractivity contribution is 7.09. The van der Waals surface area contributed by atoms with Crippen molar-refractivity contribution >= 4 is 11.3 Å². The molecule has 1 aliphatic carbocycles. The van der Waals surface area contributed by atoms with E-state index in [-0.39, 0.29) is 5.41 Å². The molecule has 3 N–H and O–H groups in total. The second kappa shape index (κ2) is 5.46. The fraction of sp³-hybridized carbons (Fsp3) is 0.769.